The average Bonchev–Trinajstić information content (AvgIpc) is 3.08. The molecule has 2 N–H and O–H groups in total. The Morgan fingerprint density at radius 2 is 2.32 bits per heavy atom. The number of H-pyrrole nitrogens is 1. The van der Waals surface area contributed by atoms with Crippen LogP contribution in [0.1, 0.15) is 10.4 Å². The van der Waals surface area contributed by atoms with Crippen molar-refractivity contribution in [2.75, 3.05) is 6.54 Å². The smallest absolute Gasteiger partial charge is 0.251 e. The zero-order valence-corrected chi connectivity index (χ0v) is 10.3. The van der Waals surface area contributed by atoms with Gasteiger partial charge in [-0.3, -0.25) is 9.48 Å². The van der Waals surface area contributed by atoms with Crippen LogP contribution in [0.4, 0.5) is 0 Å². The zero-order valence-electron chi connectivity index (χ0n) is 10.3. The van der Waals surface area contributed by atoms with Crippen LogP contribution in [0, 0.1) is 0 Å². The molecule has 1 aromatic carbocycles. The number of hydrogen-bond donors (Lipinski definition) is 2. The van der Waals surface area contributed by atoms with Gasteiger partial charge in [-0.15, -0.1) is 0 Å². The first-order valence-electron chi connectivity index (χ1n) is 6.16. The second-order valence-corrected chi connectivity index (χ2v) is 4.30. The molecule has 0 aliphatic heterocycles. The van der Waals surface area contributed by atoms with Crippen molar-refractivity contribution in [1.29, 1.82) is 0 Å². The summed E-state index contributed by atoms with van der Waals surface area (Å²) in [6.07, 6.45) is 5.46. The molecule has 0 saturated carbocycles. The van der Waals surface area contributed by atoms with Crippen LogP contribution in [0.2, 0.25) is 0 Å². The van der Waals surface area contributed by atoms with Crippen LogP contribution >= 0.6 is 0 Å². The molecule has 0 aliphatic rings. The number of aromatic amines is 1. The lowest BCUT2D eigenvalue weighted by Gasteiger charge is -2.05. The fraction of sp³-hybridized carbons (Fsp3) is 0.143. The number of fused-ring (bicyclic) bond motifs is 1. The summed E-state index contributed by atoms with van der Waals surface area (Å²) in [5.74, 6) is -0.0599. The van der Waals surface area contributed by atoms with Gasteiger partial charge in [-0.2, -0.15) is 5.10 Å². The highest BCUT2D eigenvalue weighted by Crippen LogP contribution is 2.14. The molecule has 0 fully saturated rings. The second-order valence-electron chi connectivity index (χ2n) is 4.30. The molecule has 1 amide bonds. The van der Waals surface area contributed by atoms with Crippen LogP contribution in [0.25, 0.3) is 10.9 Å². The molecular formula is C14H14N4O. The zero-order chi connectivity index (χ0) is 13.1. The number of nitrogens with zero attached hydrogens (tertiary/aromatic N) is 2. The maximum Gasteiger partial charge on any atom is 0.251 e. The van der Waals surface area contributed by atoms with Gasteiger partial charge in [0.1, 0.15) is 0 Å². The van der Waals surface area contributed by atoms with Gasteiger partial charge in [0.05, 0.1) is 6.54 Å². The third-order valence-electron chi connectivity index (χ3n) is 3.00. The van der Waals surface area contributed by atoms with Crippen molar-refractivity contribution in [2.24, 2.45) is 0 Å². The van der Waals surface area contributed by atoms with E-state index in [9.17, 15) is 4.79 Å². The number of hydrogen-bond acceptors (Lipinski definition) is 2. The molecule has 0 spiro atoms. The fourth-order valence-corrected chi connectivity index (χ4v) is 2.01. The predicted octanol–water partition coefficient (Wildman–Crippen LogP) is 1.79. The number of rotatable bonds is 4. The Morgan fingerprint density at radius 1 is 1.37 bits per heavy atom. The van der Waals surface area contributed by atoms with Crippen LogP contribution in [-0.4, -0.2) is 27.2 Å². The van der Waals surface area contributed by atoms with E-state index in [1.807, 2.05) is 42.7 Å². The van der Waals surface area contributed by atoms with Crippen molar-refractivity contribution in [3.63, 3.8) is 0 Å². The summed E-state index contributed by atoms with van der Waals surface area (Å²) in [4.78, 5) is 15.1. The summed E-state index contributed by atoms with van der Waals surface area (Å²) in [5, 5.41) is 8.01. The standard InChI is InChI=1S/C14H14N4O/c19-14(16-7-9-18-8-1-5-17-18)12-2-3-13-11(10-12)4-6-15-13/h1-6,8,10,15H,7,9H2,(H,16,19). The first-order valence-corrected chi connectivity index (χ1v) is 6.16. The first kappa shape index (κ1) is 11.5. The third kappa shape index (κ3) is 2.49. The topological polar surface area (TPSA) is 62.7 Å². The SMILES string of the molecule is O=C(NCCn1cccn1)c1ccc2[nH]ccc2c1. The van der Waals surface area contributed by atoms with Crippen LogP contribution in [-0.2, 0) is 6.54 Å². The Bertz CT molecular complexity index is 684. The Balaban J connectivity index is 1.63. The van der Waals surface area contributed by atoms with Crippen molar-refractivity contribution in [2.45, 2.75) is 6.54 Å². The summed E-state index contributed by atoms with van der Waals surface area (Å²) >= 11 is 0. The molecule has 2 aromatic heterocycles. The highest BCUT2D eigenvalue weighted by atomic mass is 16.1. The lowest BCUT2D eigenvalue weighted by atomic mass is 10.1. The maximum absolute atomic E-state index is 12.0. The molecule has 0 aliphatic carbocycles. The van der Waals surface area contributed by atoms with E-state index in [1.54, 1.807) is 10.9 Å². The normalized spacial score (nSPS) is 10.7. The Morgan fingerprint density at radius 3 is 3.16 bits per heavy atom. The number of amides is 1. The molecule has 5 nitrogen and oxygen atoms in total. The van der Waals surface area contributed by atoms with E-state index in [4.69, 9.17) is 0 Å². The molecule has 5 heteroatoms. The molecule has 0 unspecified atom stereocenters. The summed E-state index contributed by atoms with van der Waals surface area (Å²) in [5.41, 5.74) is 1.71. The molecule has 2 heterocycles. The van der Waals surface area contributed by atoms with Crippen LogP contribution in [0.15, 0.2) is 48.9 Å². The van der Waals surface area contributed by atoms with E-state index >= 15 is 0 Å². The van der Waals surface area contributed by atoms with Gasteiger partial charge in [-0.05, 0) is 30.3 Å². The summed E-state index contributed by atoms with van der Waals surface area (Å²) in [6, 6.07) is 9.44. The van der Waals surface area contributed by atoms with E-state index in [2.05, 4.69) is 15.4 Å². The minimum atomic E-state index is -0.0599. The minimum Gasteiger partial charge on any atom is -0.361 e. The van der Waals surface area contributed by atoms with Gasteiger partial charge in [-0.1, -0.05) is 0 Å². The highest BCUT2D eigenvalue weighted by molar-refractivity contribution is 5.98. The van der Waals surface area contributed by atoms with E-state index in [1.165, 1.54) is 0 Å². The summed E-state index contributed by atoms with van der Waals surface area (Å²) in [7, 11) is 0. The maximum atomic E-state index is 12.0. The van der Waals surface area contributed by atoms with Crippen molar-refractivity contribution >= 4 is 16.8 Å². The Labute approximate surface area is 110 Å². The molecule has 0 bridgehead atoms. The number of aromatic nitrogens is 3. The third-order valence-corrected chi connectivity index (χ3v) is 3.00. The molecule has 96 valence electrons. The Kier molecular flexibility index (Phi) is 3.02. The average molecular weight is 254 g/mol. The quantitative estimate of drug-likeness (QED) is 0.745. The molecule has 0 saturated heterocycles. The molecule has 0 atom stereocenters. The van der Waals surface area contributed by atoms with Gasteiger partial charge in [0.2, 0.25) is 0 Å². The number of benzene rings is 1. The van der Waals surface area contributed by atoms with Crippen LogP contribution in [0.5, 0.6) is 0 Å². The number of carbonyl (C=O) groups is 1. The van der Waals surface area contributed by atoms with Crippen LogP contribution in [0.3, 0.4) is 0 Å². The summed E-state index contributed by atoms with van der Waals surface area (Å²) in [6.45, 7) is 1.23. The molecule has 3 aromatic rings. The van der Waals surface area contributed by atoms with Crippen molar-refractivity contribution in [3.05, 3.63) is 54.5 Å². The van der Waals surface area contributed by atoms with Gasteiger partial charge in [-0.25, -0.2) is 0 Å². The lowest BCUT2D eigenvalue weighted by Crippen LogP contribution is -2.27. The second kappa shape index (κ2) is 4.97. The molecule has 0 radical (unpaired) electrons. The van der Waals surface area contributed by atoms with Gasteiger partial charge in [0.15, 0.2) is 0 Å². The van der Waals surface area contributed by atoms with Crippen molar-refractivity contribution < 1.29 is 4.79 Å². The number of carbonyl (C=O) groups excluding carboxylic acids is 1. The molecule has 19 heavy (non-hydrogen) atoms. The number of nitrogens with one attached hydrogen (secondary N) is 2. The Hall–Kier alpha value is -2.56. The fourth-order valence-electron chi connectivity index (χ4n) is 2.01. The van der Waals surface area contributed by atoms with Gasteiger partial charge in [0.25, 0.3) is 5.91 Å². The van der Waals surface area contributed by atoms with E-state index in [0.717, 1.165) is 10.9 Å². The van der Waals surface area contributed by atoms with Gasteiger partial charge in [0, 0.05) is 41.6 Å². The molecule has 3 rings (SSSR count). The van der Waals surface area contributed by atoms with Gasteiger partial charge < -0.3 is 10.3 Å². The van der Waals surface area contributed by atoms with Gasteiger partial charge >= 0.3 is 0 Å². The minimum absolute atomic E-state index is 0.0599. The van der Waals surface area contributed by atoms with E-state index in [0.29, 0.717) is 18.7 Å². The lowest BCUT2D eigenvalue weighted by molar-refractivity contribution is 0.0952. The van der Waals surface area contributed by atoms with Crippen LogP contribution < -0.4 is 5.32 Å². The van der Waals surface area contributed by atoms with Crippen molar-refractivity contribution in [1.82, 2.24) is 20.1 Å². The first-order chi connectivity index (χ1) is 9.33. The summed E-state index contributed by atoms with van der Waals surface area (Å²) < 4.78 is 1.79. The predicted molar refractivity (Wildman–Crippen MR) is 72.9 cm³/mol. The molecular weight excluding hydrogens is 240 g/mol. The monoisotopic (exact) mass is 254 g/mol. The van der Waals surface area contributed by atoms with E-state index < -0.39 is 0 Å². The van der Waals surface area contributed by atoms with E-state index in [-0.39, 0.29) is 5.91 Å². The van der Waals surface area contributed by atoms with Crippen molar-refractivity contribution in [3.8, 4) is 0 Å². The largest absolute Gasteiger partial charge is 0.361 e. The highest BCUT2D eigenvalue weighted by Gasteiger charge is 2.06.